The molecule has 8 heterocycles. The number of nitrogens with zero attached hydrogens (tertiary/aromatic N) is 4. The van der Waals surface area contributed by atoms with Gasteiger partial charge in [-0.25, -0.2) is 0 Å². The highest BCUT2D eigenvalue weighted by molar-refractivity contribution is 6.13. The van der Waals surface area contributed by atoms with Gasteiger partial charge in [-0.1, -0.05) is 56.3 Å². The van der Waals surface area contributed by atoms with Crippen LogP contribution in [0.4, 0.5) is 17.2 Å². The van der Waals surface area contributed by atoms with Crippen molar-refractivity contribution in [3.05, 3.63) is 130 Å². The summed E-state index contributed by atoms with van der Waals surface area (Å²) in [5.74, 6) is 8.64. The van der Waals surface area contributed by atoms with Crippen LogP contribution in [0.5, 0.6) is 11.6 Å². The predicted molar refractivity (Wildman–Crippen MR) is 245 cm³/mol. The van der Waals surface area contributed by atoms with Crippen molar-refractivity contribution in [1.29, 1.82) is 0 Å². The Hall–Kier alpha value is -5.42. The molecule has 20 rings (SSSR count). The maximum atomic E-state index is 7.58. The van der Waals surface area contributed by atoms with Crippen LogP contribution in [-0.4, -0.2) is 4.57 Å². The van der Waals surface area contributed by atoms with Crippen LogP contribution in [-0.2, 0) is 21.9 Å². The van der Waals surface area contributed by atoms with Gasteiger partial charge in [0.1, 0.15) is 16.8 Å². The van der Waals surface area contributed by atoms with Crippen molar-refractivity contribution in [3.63, 3.8) is 0 Å². The zero-order chi connectivity index (χ0) is 40.7. The molecule has 5 nitrogen and oxygen atoms in total. The third-order valence-electron chi connectivity index (χ3n) is 20.3. The summed E-state index contributed by atoms with van der Waals surface area (Å²) in [6.45, 7) is 4.96. The number of para-hydroxylation sites is 2. The summed E-state index contributed by atoms with van der Waals surface area (Å²) in [6.07, 6.45) is 16.8. The normalized spacial score (nSPS) is 34.5. The van der Waals surface area contributed by atoms with Crippen molar-refractivity contribution in [2.24, 2.45) is 35.5 Å². The van der Waals surface area contributed by atoms with Crippen molar-refractivity contribution >= 4 is 39.0 Å². The van der Waals surface area contributed by atoms with Crippen LogP contribution in [0.3, 0.4) is 0 Å². The summed E-state index contributed by atoms with van der Waals surface area (Å²) in [7, 11) is 0. The van der Waals surface area contributed by atoms with E-state index in [1.807, 2.05) is 0 Å². The van der Waals surface area contributed by atoms with Gasteiger partial charge in [-0.2, -0.15) is 4.90 Å². The summed E-state index contributed by atoms with van der Waals surface area (Å²) >= 11 is 0. The molecule has 4 aromatic carbocycles. The third kappa shape index (κ3) is 3.46. The standard InChI is InChI=1S/C58H52N4O/c1-55(2)41-8-4-6-10-44(41)60-49-23-37(56-25-31-15-32(26-56)17-33(16-31)27-56)21-46-47-22-38(57-28-34-18-35(29-57)20-36(19-34)30-57)24-50-62(47)58(61(46)49)51-45(13-12-42(55)54(51)60)59-43-9-5-3-7-39(43)40-11-14-48(63-50)52(58)53(40)59/h3-14,21-24,31-36H,15-20,25-30H2,1-2H3/q+2. The number of benzene rings is 4. The van der Waals surface area contributed by atoms with E-state index >= 15 is 0 Å². The highest BCUT2D eigenvalue weighted by Crippen LogP contribution is 2.67. The minimum atomic E-state index is -0.660. The van der Waals surface area contributed by atoms with Gasteiger partial charge in [0.2, 0.25) is 5.69 Å². The first-order chi connectivity index (χ1) is 30.8. The molecule has 63 heavy (non-hydrogen) atoms. The Morgan fingerprint density at radius 3 is 1.87 bits per heavy atom. The van der Waals surface area contributed by atoms with Crippen molar-refractivity contribution in [2.45, 2.75) is 113 Å². The molecule has 8 aliphatic carbocycles. The fourth-order valence-electron chi connectivity index (χ4n) is 19.0. The van der Waals surface area contributed by atoms with Crippen molar-refractivity contribution in [1.82, 2.24) is 4.57 Å². The lowest BCUT2D eigenvalue weighted by Crippen LogP contribution is -2.75. The SMILES string of the molecule is CC1(C)c2ccccc2N2c3c1ccc1c3C34c5c(ccc6c7ccccc7n-1c56)Oc1cc(C56CC7CC(CC(C7)C5)C6)cc([n+]13)-c1cc(C35CC6CC(CC(C6)C3)C5)cc2[n+]14. The molecule has 308 valence electrons. The fourth-order valence-corrected chi connectivity index (χ4v) is 19.0. The van der Waals surface area contributed by atoms with Gasteiger partial charge < -0.3 is 9.30 Å². The fraction of sp³-hybridized carbons (Fsp3) is 0.414. The minimum Gasteiger partial charge on any atom is -0.404 e. The average molecular weight is 821 g/mol. The maximum Gasteiger partial charge on any atom is 0.378 e. The molecule has 1 unspecified atom stereocenters. The molecule has 13 aliphatic rings. The molecule has 3 aromatic heterocycles. The van der Waals surface area contributed by atoms with Gasteiger partial charge in [-0.05, 0) is 171 Å². The van der Waals surface area contributed by atoms with Crippen LogP contribution in [0.15, 0.2) is 97.1 Å². The van der Waals surface area contributed by atoms with Gasteiger partial charge in [-0.15, -0.1) is 9.13 Å². The number of hydrogen-bond donors (Lipinski definition) is 0. The largest absolute Gasteiger partial charge is 0.404 e. The number of rotatable bonds is 2. The highest BCUT2D eigenvalue weighted by Gasteiger charge is 2.74. The molecule has 1 atom stereocenters. The van der Waals surface area contributed by atoms with Crippen molar-refractivity contribution in [2.75, 3.05) is 4.90 Å². The van der Waals surface area contributed by atoms with Crippen LogP contribution >= 0.6 is 0 Å². The lowest BCUT2D eigenvalue weighted by molar-refractivity contribution is -0.936. The Kier molecular flexibility index (Phi) is 5.31. The number of pyridine rings is 2. The minimum absolute atomic E-state index is 0.201. The van der Waals surface area contributed by atoms with Crippen LogP contribution in [0.1, 0.15) is 124 Å². The molecule has 1 spiro atoms. The lowest BCUT2D eigenvalue weighted by atomic mass is 9.48. The van der Waals surface area contributed by atoms with Gasteiger partial charge in [0.05, 0.1) is 22.8 Å². The summed E-state index contributed by atoms with van der Waals surface area (Å²) in [6, 6.07) is 39.1. The number of fused-ring (bicyclic) bond motifs is 8. The van der Waals surface area contributed by atoms with Gasteiger partial charge in [0.15, 0.2) is 11.4 Å². The first kappa shape index (κ1) is 33.1. The first-order valence-corrected chi connectivity index (χ1v) is 24.8. The molecular weight excluding hydrogens is 769 g/mol. The lowest BCUT2D eigenvalue weighted by Gasteiger charge is -2.57. The zero-order valence-corrected chi connectivity index (χ0v) is 36.4. The monoisotopic (exact) mass is 820 g/mol. The van der Waals surface area contributed by atoms with E-state index in [1.54, 1.807) is 11.1 Å². The second-order valence-electron chi connectivity index (χ2n) is 23.8. The summed E-state index contributed by atoms with van der Waals surface area (Å²) in [5, 5.41) is 2.63. The molecule has 5 aliphatic heterocycles. The van der Waals surface area contributed by atoms with Crippen LogP contribution < -0.4 is 18.8 Å². The molecule has 0 radical (unpaired) electrons. The Balaban J connectivity index is 1.04. The quantitative estimate of drug-likeness (QED) is 0.162. The molecule has 0 N–H and O–H groups in total. The number of hydrogen-bond acceptors (Lipinski definition) is 2. The smallest absolute Gasteiger partial charge is 0.378 e. The van der Waals surface area contributed by atoms with E-state index in [1.165, 1.54) is 155 Å². The third-order valence-corrected chi connectivity index (χ3v) is 20.3. The van der Waals surface area contributed by atoms with Gasteiger partial charge >= 0.3 is 11.5 Å². The van der Waals surface area contributed by atoms with Gasteiger partial charge in [0, 0.05) is 39.4 Å². The van der Waals surface area contributed by atoms with E-state index < -0.39 is 5.66 Å². The topological polar surface area (TPSA) is 25.2 Å². The van der Waals surface area contributed by atoms with Gasteiger partial charge in [-0.3, -0.25) is 0 Å². The molecule has 8 fully saturated rings. The zero-order valence-electron chi connectivity index (χ0n) is 36.4. The summed E-state index contributed by atoms with van der Waals surface area (Å²) < 4.78 is 15.8. The second-order valence-corrected chi connectivity index (χ2v) is 23.8. The Morgan fingerprint density at radius 1 is 0.556 bits per heavy atom. The number of aromatic nitrogens is 3. The van der Waals surface area contributed by atoms with E-state index in [4.69, 9.17) is 4.74 Å². The predicted octanol–water partition coefficient (Wildman–Crippen LogP) is 12.4. The number of anilines is 3. The van der Waals surface area contributed by atoms with Crippen LogP contribution in [0.2, 0.25) is 0 Å². The second kappa shape index (κ2) is 10.1. The number of ether oxygens (including phenoxy) is 1. The average Bonchev–Trinajstić information content (AvgIpc) is 3.77. The molecule has 8 saturated carbocycles. The summed E-state index contributed by atoms with van der Waals surface area (Å²) in [5.41, 5.74) is 17.7. The Labute approximate surface area is 368 Å². The molecule has 0 saturated heterocycles. The molecule has 7 aromatic rings. The summed E-state index contributed by atoms with van der Waals surface area (Å²) in [4.78, 5) is 2.77. The van der Waals surface area contributed by atoms with E-state index in [9.17, 15) is 0 Å². The van der Waals surface area contributed by atoms with E-state index in [2.05, 4.69) is 130 Å². The Morgan fingerprint density at radius 2 is 1.17 bits per heavy atom. The Bertz CT molecular complexity index is 3330. The van der Waals surface area contributed by atoms with Crippen molar-refractivity contribution in [3.8, 4) is 28.7 Å². The molecule has 8 bridgehead atoms. The van der Waals surface area contributed by atoms with E-state index in [0.717, 1.165) is 47.1 Å². The van der Waals surface area contributed by atoms with Crippen LogP contribution in [0.25, 0.3) is 38.9 Å². The van der Waals surface area contributed by atoms with Gasteiger partial charge in [0.25, 0.3) is 11.5 Å². The van der Waals surface area contributed by atoms with E-state index in [0.29, 0.717) is 0 Å². The first-order valence-electron chi connectivity index (χ1n) is 24.8. The highest BCUT2D eigenvalue weighted by atomic mass is 16.5. The maximum absolute atomic E-state index is 7.58. The molecule has 5 heteroatoms. The van der Waals surface area contributed by atoms with E-state index in [-0.39, 0.29) is 16.2 Å². The van der Waals surface area contributed by atoms with Crippen molar-refractivity contribution < 1.29 is 13.9 Å². The molecule has 0 amide bonds. The van der Waals surface area contributed by atoms with Crippen LogP contribution in [0, 0.1) is 35.5 Å². The molecular formula is C58H52N4O+2.